The van der Waals surface area contributed by atoms with Crippen LogP contribution in [0.15, 0.2) is 23.1 Å². The summed E-state index contributed by atoms with van der Waals surface area (Å²) in [4.78, 5) is 33.2. The molecule has 9 heteroatoms. The number of amides is 1. The van der Waals surface area contributed by atoms with Gasteiger partial charge in [0.1, 0.15) is 6.61 Å². The third-order valence-electron chi connectivity index (χ3n) is 2.48. The average molecular weight is 328 g/mol. The number of carbonyl (C=O) groups excluding carboxylic acids is 1. The van der Waals surface area contributed by atoms with Crippen LogP contribution in [0, 0.1) is 10.1 Å². The van der Waals surface area contributed by atoms with Crippen molar-refractivity contribution < 1.29 is 24.4 Å². The summed E-state index contributed by atoms with van der Waals surface area (Å²) in [7, 11) is 0. The number of nitrogens with one attached hydrogen (secondary N) is 1. The van der Waals surface area contributed by atoms with Crippen molar-refractivity contribution in [2.75, 3.05) is 25.5 Å². The summed E-state index contributed by atoms with van der Waals surface area (Å²) >= 11 is 1.41. The van der Waals surface area contributed by atoms with Gasteiger partial charge in [-0.2, -0.15) is 0 Å². The van der Waals surface area contributed by atoms with Crippen LogP contribution in [-0.2, 0) is 9.53 Å². The average Bonchev–Trinajstić information content (AvgIpc) is 2.46. The van der Waals surface area contributed by atoms with Gasteiger partial charge in [-0.1, -0.05) is 6.92 Å². The Morgan fingerprint density at radius 1 is 1.45 bits per heavy atom. The minimum Gasteiger partial charge on any atom is -0.480 e. The van der Waals surface area contributed by atoms with E-state index in [4.69, 9.17) is 9.84 Å². The quantitative estimate of drug-likeness (QED) is 0.305. The Labute approximate surface area is 131 Å². The zero-order valence-corrected chi connectivity index (χ0v) is 12.7. The summed E-state index contributed by atoms with van der Waals surface area (Å²) in [5.74, 6) is -0.829. The lowest BCUT2D eigenvalue weighted by molar-refractivity contribution is -0.384. The molecule has 0 fully saturated rings. The first-order chi connectivity index (χ1) is 10.5. The first kappa shape index (κ1) is 17.9. The topological polar surface area (TPSA) is 119 Å². The van der Waals surface area contributed by atoms with Crippen molar-refractivity contribution in [2.45, 2.75) is 11.8 Å². The standard InChI is InChI=1S/C13H16N2O6S/c1-2-22-11-4-3-9(15(19)20)7-10(11)13(18)14-5-6-21-8-12(16)17/h3-4,7H,2,5-6,8H2,1H3,(H,14,18)(H,16,17). The molecule has 0 aliphatic rings. The van der Waals surface area contributed by atoms with Crippen LogP contribution in [-0.4, -0.2) is 47.4 Å². The van der Waals surface area contributed by atoms with Crippen molar-refractivity contribution in [2.24, 2.45) is 0 Å². The molecule has 0 aromatic heterocycles. The van der Waals surface area contributed by atoms with Gasteiger partial charge in [-0.15, -0.1) is 11.8 Å². The number of aliphatic carboxylic acids is 1. The van der Waals surface area contributed by atoms with Gasteiger partial charge in [0.2, 0.25) is 0 Å². The first-order valence-corrected chi connectivity index (χ1v) is 7.43. The molecule has 0 radical (unpaired) electrons. The van der Waals surface area contributed by atoms with Gasteiger partial charge in [0.15, 0.2) is 0 Å². The van der Waals surface area contributed by atoms with E-state index in [0.717, 1.165) is 5.75 Å². The number of benzene rings is 1. The summed E-state index contributed by atoms with van der Waals surface area (Å²) in [5.41, 5.74) is 0.0621. The summed E-state index contributed by atoms with van der Waals surface area (Å²) < 4.78 is 4.79. The molecule has 0 saturated carbocycles. The Kier molecular flexibility index (Phi) is 7.33. The van der Waals surface area contributed by atoms with E-state index in [9.17, 15) is 19.7 Å². The van der Waals surface area contributed by atoms with Crippen molar-refractivity contribution in [3.8, 4) is 0 Å². The van der Waals surface area contributed by atoms with Crippen LogP contribution in [0.3, 0.4) is 0 Å². The fourth-order valence-electron chi connectivity index (χ4n) is 1.58. The van der Waals surface area contributed by atoms with Gasteiger partial charge in [0, 0.05) is 23.6 Å². The largest absolute Gasteiger partial charge is 0.480 e. The van der Waals surface area contributed by atoms with Crippen LogP contribution >= 0.6 is 11.8 Å². The molecular weight excluding hydrogens is 312 g/mol. The van der Waals surface area contributed by atoms with Crippen molar-refractivity contribution in [1.29, 1.82) is 0 Å². The van der Waals surface area contributed by atoms with Crippen molar-refractivity contribution >= 4 is 29.3 Å². The Morgan fingerprint density at radius 3 is 2.77 bits per heavy atom. The summed E-state index contributed by atoms with van der Waals surface area (Å²) in [6.07, 6.45) is 0. The number of nitrogens with zero attached hydrogens (tertiary/aromatic N) is 1. The minimum absolute atomic E-state index is 0.0449. The van der Waals surface area contributed by atoms with Crippen molar-refractivity contribution in [3.05, 3.63) is 33.9 Å². The molecule has 0 aliphatic heterocycles. The molecule has 0 aliphatic carbocycles. The second-order valence-corrected chi connectivity index (χ2v) is 5.38. The molecular formula is C13H16N2O6S. The van der Waals surface area contributed by atoms with Gasteiger partial charge in [-0.05, 0) is 11.8 Å². The summed E-state index contributed by atoms with van der Waals surface area (Å²) in [6.45, 7) is 1.63. The SMILES string of the molecule is CCSc1ccc([N+](=O)[O-])cc1C(=O)NCCOCC(=O)O. The van der Waals surface area contributed by atoms with Crippen LogP contribution in [0.5, 0.6) is 0 Å². The maximum atomic E-state index is 12.1. The number of carbonyl (C=O) groups is 2. The van der Waals surface area contributed by atoms with E-state index < -0.39 is 23.4 Å². The Bertz CT molecular complexity index is 563. The first-order valence-electron chi connectivity index (χ1n) is 6.44. The monoisotopic (exact) mass is 328 g/mol. The number of ether oxygens (including phenoxy) is 1. The van der Waals surface area contributed by atoms with E-state index >= 15 is 0 Å². The Balaban J connectivity index is 2.70. The predicted octanol–water partition coefficient (Wildman–Crippen LogP) is 1.54. The minimum atomic E-state index is -1.09. The highest BCUT2D eigenvalue weighted by Gasteiger charge is 2.16. The molecule has 1 amide bonds. The van der Waals surface area contributed by atoms with Crippen LogP contribution in [0.25, 0.3) is 0 Å². The van der Waals surface area contributed by atoms with Gasteiger partial charge < -0.3 is 15.2 Å². The lowest BCUT2D eigenvalue weighted by Crippen LogP contribution is -2.28. The lowest BCUT2D eigenvalue weighted by Gasteiger charge is -2.09. The van der Waals surface area contributed by atoms with Gasteiger partial charge in [-0.3, -0.25) is 14.9 Å². The molecule has 0 atom stereocenters. The number of carboxylic acid groups (broad SMARTS) is 1. The molecule has 2 N–H and O–H groups in total. The van der Waals surface area contributed by atoms with E-state index in [-0.39, 0.29) is 24.4 Å². The van der Waals surface area contributed by atoms with E-state index in [1.165, 1.54) is 23.9 Å². The Morgan fingerprint density at radius 2 is 2.18 bits per heavy atom. The number of hydrogen-bond acceptors (Lipinski definition) is 6. The smallest absolute Gasteiger partial charge is 0.329 e. The lowest BCUT2D eigenvalue weighted by atomic mass is 10.2. The van der Waals surface area contributed by atoms with Gasteiger partial charge >= 0.3 is 5.97 Å². The third-order valence-corrected chi connectivity index (χ3v) is 3.43. The van der Waals surface area contributed by atoms with E-state index in [0.29, 0.717) is 4.90 Å². The number of rotatable bonds is 9. The highest BCUT2D eigenvalue weighted by Crippen LogP contribution is 2.26. The second kappa shape index (κ2) is 9.00. The number of thioether (sulfide) groups is 1. The molecule has 1 aromatic carbocycles. The normalized spacial score (nSPS) is 10.2. The van der Waals surface area contributed by atoms with Gasteiger partial charge in [0.25, 0.3) is 11.6 Å². The Hall–Kier alpha value is -2.13. The third kappa shape index (κ3) is 5.70. The van der Waals surface area contributed by atoms with Crippen LogP contribution in [0.2, 0.25) is 0 Å². The maximum absolute atomic E-state index is 12.1. The van der Waals surface area contributed by atoms with E-state index in [1.807, 2.05) is 6.92 Å². The summed E-state index contributed by atoms with van der Waals surface area (Å²) in [6, 6.07) is 4.12. The number of hydrogen-bond donors (Lipinski definition) is 2. The number of nitro benzene ring substituents is 1. The maximum Gasteiger partial charge on any atom is 0.329 e. The molecule has 0 bridgehead atoms. The molecule has 1 aromatic rings. The second-order valence-electron chi connectivity index (χ2n) is 4.07. The molecule has 120 valence electrons. The number of non-ortho nitro benzene ring substituents is 1. The van der Waals surface area contributed by atoms with Crippen LogP contribution in [0.4, 0.5) is 5.69 Å². The highest BCUT2D eigenvalue weighted by atomic mass is 32.2. The van der Waals surface area contributed by atoms with Gasteiger partial charge in [-0.25, -0.2) is 4.79 Å². The summed E-state index contributed by atoms with van der Waals surface area (Å²) in [5, 5.41) is 21.7. The molecule has 1 rings (SSSR count). The van der Waals surface area contributed by atoms with E-state index in [1.54, 1.807) is 6.07 Å². The number of carboxylic acids is 1. The van der Waals surface area contributed by atoms with Crippen LogP contribution in [0.1, 0.15) is 17.3 Å². The zero-order chi connectivity index (χ0) is 16.5. The van der Waals surface area contributed by atoms with Crippen molar-refractivity contribution in [3.63, 3.8) is 0 Å². The van der Waals surface area contributed by atoms with E-state index in [2.05, 4.69) is 5.32 Å². The molecule has 0 saturated heterocycles. The zero-order valence-electron chi connectivity index (χ0n) is 11.9. The van der Waals surface area contributed by atoms with Crippen LogP contribution < -0.4 is 5.32 Å². The molecule has 22 heavy (non-hydrogen) atoms. The van der Waals surface area contributed by atoms with Gasteiger partial charge in [0.05, 0.1) is 17.1 Å². The molecule has 8 nitrogen and oxygen atoms in total. The fraction of sp³-hybridized carbons (Fsp3) is 0.385. The molecule has 0 heterocycles. The molecule has 0 spiro atoms. The van der Waals surface area contributed by atoms with Crippen molar-refractivity contribution in [1.82, 2.24) is 5.32 Å². The number of nitro groups is 1. The molecule has 0 unspecified atom stereocenters. The fourth-order valence-corrected chi connectivity index (χ4v) is 2.36. The highest BCUT2D eigenvalue weighted by molar-refractivity contribution is 7.99. The predicted molar refractivity (Wildman–Crippen MR) is 80.3 cm³/mol.